The van der Waals surface area contributed by atoms with Gasteiger partial charge in [-0.2, -0.15) is 0 Å². The molecule has 2 aromatic rings. The number of rotatable bonds is 4. The molecular weight excluding hydrogens is 404 g/mol. The molecule has 0 aliphatic carbocycles. The van der Waals surface area contributed by atoms with Gasteiger partial charge in [0.2, 0.25) is 0 Å². The van der Waals surface area contributed by atoms with Crippen LogP contribution in [0.5, 0.6) is 0 Å². The lowest BCUT2D eigenvalue weighted by Crippen LogP contribution is -2.16. The predicted octanol–water partition coefficient (Wildman–Crippen LogP) is 4.05. The van der Waals surface area contributed by atoms with Crippen LogP contribution in [0.1, 0.15) is 20.7 Å². The van der Waals surface area contributed by atoms with Crippen molar-refractivity contribution in [3.8, 4) is 0 Å². The van der Waals surface area contributed by atoms with E-state index in [0.717, 1.165) is 6.07 Å². The summed E-state index contributed by atoms with van der Waals surface area (Å²) < 4.78 is 5.29. The van der Waals surface area contributed by atoms with Crippen molar-refractivity contribution in [1.29, 1.82) is 0 Å². The van der Waals surface area contributed by atoms with Gasteiger partial charge in [-0.15, -0.1) is 0 Å². The minimum atomic E-state index is -0.684. The fraction of sp³-hybridized carbons (Fsp3) is 0.0667. The lowest BCUT2D eigenvalue weighted by Gasteiger charge is -2.11. The van der Waals surface area contributed by atoms with Crippen LogP contribution in [0, 0.1) is 10.1 Å². The lowest BCUT2D eigenvalue weighted by atomic mass is 10.1. The molecule has 0 fully saturated rings. The first-order valence-corrected chi connectivity index (χ1v) is 7.63. The number of nitro benzene ring substituents is 1. The van der Waals surface area contributed by atoms with E-state index >= 15 is 0 Å². The standard InChI is InChI=1S/C15H10BrClN2O5/c1-24-15(21)11-6-8(16)2-5-13(11)18-14(20)10-7-9(19(22)23)3-4-12(10)17/h2-7H,1H3,(H,18,20). The maximum absolute atomic E-state index is 12.4. The summed E-state index contributed by atoms with van der Waals surface area (Å²) in [4.78, 5) is 34.4. The number of hydrogen-bond donors (Lipinski definition) is 1. The van der Waals surface area contributed by atoms with E-state index in [0.29, 0.717) is 4.47 Å². The van der Waals surface area contributed by atoms with Crippen LogP contribution < -0.4 is 5.32 Å². The van der Waals surface area contributed by atoms with Gasteiger partial charge < -0.3 is 10.1 Å². The van der Waals surface area contributed by atoms with E-state index in [4.69, 9.17) is 11.6 Å². The van der Waals surface area contributed by atoms with E-state index in [2.05, 4.69) is 26.0 Å². The molecule has 0 saturated heterocycles. The highest BCUT2D eigenvalue weighted by atomic mass is 79.9. The van der Waals surface area contributed by atoms with Crippen LogP contribution in [0.2, 0.25) is 5.02 Å². The number of ether oxygens (including phenoxy) is 1. The molecule has 2 aromatic carbocycles. The quantitative estimate of drug-likeness (QED) is 0.463. The maximum atomic E-state index is 12.4. The SMILES string of the molecule is COC(=O)c1cc(Br)ccc1NC(=O)c1cc([N+](=O)[O-])ccc1Cl. The van der Waals surface area contributed by atoms with Crippen molar-refractivity contribution in [2.24, 2.45) is 0 Å². The lowest BCUT2D eigenvalue weighted by molar-refractivity contribution is -0.384. The molecule has 0 atom stereocenters. The summed E-state index contributed by atoms with van der Waals surface area (Å²) in [6, 6.07) is 8.12. The van der Waals surface area contributed by atoms with Crippen molar-refractivity contribution in [3.05, 3.63) is 67.1 Å². The summed E-state index contributed by atoms with van der Waals surface area (Å²) in [7, 11) is 1.21. The van der Waals surface area contributed by atoms with Crippen LogP contribution in [0.25, 0.3) is 0 Å². The number of esters is 1. The number of halogens is 2. The van der Waals surface area contributed by atoms with E-state index in [-0.39, 0.29) is 27.5 Å². The van der Waals surface area contributed by atoms with Gasteiger partial charge in [0.25, 0.3) is 11.6 Å². The monoisotopic (exact) mass is 412 g/mol. The van der Waals surface area contributed by atoms with Crippen molar-refractivity contribution in [2.45, 2.75) is 0 Å². The minimum Gasteiger partial charge on any atom is -0.465 e. The van der Waals surface area contributed by atoms with Crippen molar-refractivity contribution in [3.63, 3.8) is 0 Å². The molecule has 0 saturated carbocycles. The summed E-state index contributed by atoms with van der Waals surface area (Å²) in [5, 5.41) is 13.4. The molecule has 2 rings (SSSR count). The average molecular weight is 414 g/mol. The molecule has 1 amide bonds. The highest BCUT2D eigenvalue weighted by molar-refractivity contribution is 9.10. The molecule has 0 unspecified atom stereocenters. The molecule has 9 heteroatoms. The molecule has 0 bridgehead atoms. The second-order valence-electron chi connectivity index (χ2n) is 4.56. The number of anilines is 1. The number of nitrogens with zero attached hydrogens (tertiary/aromatic N) is 1. The highest BCUT2D eigenvalue weighted by Gasteiger charge is 2.19. The fourth-order valence-corrected chi connectivity index (χ4v) is 2.46. The number of hydrogen-bond acceptors (Lipinski definition) is 5. The van der Waals surface area contributed by atoms with Crippen LogP contribution in [-0.2, 0) is 4.74 Å². The third kappa shape index (κ3) is 3.90. The Balaban J connectivity index is 2.39. The van der Waals surface area contributed by atoms with Gasteiger partial charge in [0.15, 0.2) is 0 Å². The second-order valence-corrected chi connectivity index (χ2v) is 5.88. The van der Waals surface area contributed by atoms with Gasteiger partial charge in [-0.3, -0.25) is 14.9 Å². The first-order chi connectivity index (χ1) is 11.3. The molecule has 0 aliphatic heterocycles. The third-order valence-electron chi connectivity index (χ3n) is 3.04. The van der Waals surface area contributed by atoms with E-state index < -0.39 is 16.8 Å². The molecular formula is C15H10BrClN2O5. The molecule has 24 heavy (non-hydrogen) atoms. The Labute approximate surface area is 149 Å². The molecule has 0 aromatic heterocycles. The third-order valence-corrected chi connectivity index (χ3v) is 3.86. The molecule has 0 radical (unpaired) electrons. The second kappa shape index (κ2) is 7.41. The Morgan fingerprint density at radius 1 is 1.21 bits per heavy atom. The first-order valence-electron chi connectivity index (χ1n) is 6.46. The van der Waals surface area contributed by atoms with E-state index in [1.165, 1.54) is 31.4 Å². The van der Waals surface area contributed by atoms with E-state index in [9.17, 15) is 19.7 Å². The normalized spacial score (nSPS) is 10.1. The minimum absolute atomic E-state index is 0.0508. The molecule has 124 valence electrons. The van der Waals surface area contributed by atoms with Crippen molar-refractivity contribution >= 4 is 50.8 Å². The van der Waals surface area contributed by atoms with E-state index in [1.54, 1.807) is 6.07 Å². The number of carbonyl (C=O) groups excluding carboxylic acids is 2. The summed E-state index contributed by atoms with van der Waals surface area (Å²) in [5.74, 6) is -1.33. The predicted molar refractivity (Wildman–Crippen MR) is 91.5 cm³/mol. The number of non-ortho nitro benzene ring substituents is 1. The van der Waals surface area contributed by atoms with Gasteiger partial charge in [0.05, 0.1) is 33.9 Å². The van der Waals surface area contributed by atoms with Crippen LogP contribution >= 0.6 is 27.5 Å². The van der Waals surface area contributed by atoms with Crippen molar-refractivity contribution < 1.29 is 19.2 Å². The number of methoxy groups -OCH3 is 1. The molecule has 7 nitrogen and oxygen atoms in total. The number of amides is 1. The van der Waals surface area contributed by atoms with Crippen LogP contribution in [0.15, 0.2) is 40.9 Å². The Kier molecular flexibility index (Phi) is 5.53. The smallest absolute Gasteiger partial charge is 0.340 e. The zero-order valence-electron chi connectivity index (χ0n) is 12.2. The Bertz CT molecular complexity index is 841. The zero-order chi connectivity index (χ0) is 17.9. The first kappa shape index (κ1) is 17.9. The zero-order valence-corrected chi connectivity index (χ0v) is 14.6. The summed E-state index contributed by atoms with van der Waals surface area (Å²) in [6.07, 6.45) is 0. The summed E-state index contributed by atoms with van der Waals surface area (Å²) in [5.41, 5.74) is -0.0300. The van der Waals surface area contributed by atoms with Gasteiger partial charge in [0.1, 0.15) is 0 Å². The van der Waals surface area contributed by atoms with Crippen molar-refractivity contribution in [2.75, 3.05) is 12.4 Å². The molecule has 0 heterocycles. The number of carbonyl (C=O) groups is 2. The Morgan fingerprint density at radius 2 is 1.92 bits per heavy atom. The average Bonchev–Trinajstić information content (AvgIpc) is 2.55. The van der Waals surface area contributed by atoms with Crippen LogP contribution in [-0.4, -0.2) is 23.9 Å². The summed E-state index contributed by atoms with van der Waals surface area (Å²) >= 11 is 9.16. The fourth-order valence-electron chi connectivity index (χ4n) is 1.89. The summed E-state index contributed by atoms with van der Waals surface area (Å²) in [6.45, 7) is 0. The maximum Gasteiger partial charge on any atom is 0.340 e. The van der Waals surface area contributed by atoms with Gasteiger partial charge in [-0.1, -0.05) is 27.5 Å². The van der Waals surface area contributed by atoms with Gasteiger partial charge in [-0.05, 0) is 24.3 Å². The van der Waals surface area contributed by atoms with Crippen LogP contribution in [0.4, 0.5) is 11.4 Å². The molecule has 0 aliphatic rings. The Hall–Kier alpha value is -2.45. The largest absolute Gasteiger partial charge is 0.465 e. The van der Waals surface area contributed by atoms with Gasteiger partial charge in [0, 0.05) is 16.6 Å². The van der Waals surface area contributed by atoms with Crippen molar-refractivity contribution in [1.82, 2.24) is 0 Å². The molecule has 0 spiro atoms. The van der Waals surface area contributed by atoms with E-state index in [1.807, 2.05) is 0 Å². The number of benzene rings is 2. The van der Waals surface area contributed by atoms with Gasteiger partial charge in [-0.25, -0.2) is 4.79 Å². The number of nitrogens with one attached hydrogen (secondary N) is 1. The highest BCUT2D eigenvalue weighted by Crippen LogP contribution is 2.26. The molecule has 1 N–H and O–H groups in total. The number of nitro groups is 1. The van der Waals surface area contributed by atoms with Gasteiger partial charge >= 0.3 is 5.97 Å². The topological polar surface area (TPSA) is 98.5 Å². The van der Waals surface area contributed by atoms with Crippen LogP contribution in [0.3, 0.4) is 0 Å². The Morgan fingerprint density at radius 3 is 2.54 bits per heavy atom.